The predicted octanol–water partition coefficient (Wildman–Crippen LogP) is 3.76. The molecular weight excluding hydrogens is 292 g/mol. The first-order valence-corrected chi connectivity index (χ1v) is 7.85. The van der Waals surface area contributed by atoms with E-state index in [2.05, 4.69) is 47.5 Å². The number of thiocarbonyl (C=S) groups is 1. The molecule has 4 heteroatoms. The fourth-order valence-electron chi connectivity index (χ4n) is 2.78. The maximum atomic E-state index is 5.60. The van der Waals surface area contributed by atoms with E-state index in [1.807, 2.05) is 12.1 Å². The van der Waals surface area contributed by atoms with Crippen molar-refractivity contribution in [1.29, 1.82) is 0 Å². The summed E-state index contributed by atoms with van der Waals surface area (Å²) in [5.74, 6) is 0.811. The molecule has 2 aromatic carbocycles. The van der Waals surface area contributed by atoms with Gasteiger partial charge < -0.3 is 15.0 Å². The van der Waals surface area contributed by atoms with Crippen LogP contribution in [0.2, 0.25) is 0 Å². The van der Waals surface area contributed by atoms with Crippen LogP contribution >= 0.6 is 12.2 Å². The van der Waals surface area contributed by atoms with Crippen molar-refractivity contribution in [2.45, 2.75) is 19.9 Å². The standard InChI is InChI=1S/C18H20N2OS/c1-13-7-8-17(21-2)16(11-13)19-18(22)20-10-9-14-5-3-4-6-15(14)12-20/h3-8,11H,9-10,12H2,1-2H3,(H,19,22). The molecule has 2 aromatic rings. The lowest BCUT2D eigenvalue weighted by molar-refractivity contribution is 0.398. The number of nitrogens with zero attached hydrogens (tertiary/aromatic N) is 1. The van der Waals surface area contributed by atoms with E-state index in [-0.39, 0.29) is 0 Å². The number of ether oxygens (including phenoxy) is 1. The molecule has 1 heterocycles. The first kappa shape index (κ1) is 14.9. The van der Waals surface area contributed by atoms with Crippen molar-refractivity contribution in [3.63, 3.8) is 0 Å². The van der Waals surface area contributed by atoms with Crippen LogP contribution in [0.3, 0.4) is 0 Å². The summed E-state index contributed by atoms with van der Waals surface area (Å²) in [5.41, 5.74) is 4.88. The van der Waals surface area contributed by atoms with Gasteiger partial charge in [-0.1, -0.05) is 30.3 Å². The van der Waals surface area contributed by atoms with E-state index in [1.54, 1.807) is 7.11 Å². The van der Waals surface area contributed by atoms with Gasteiger partial charge in [-0.25, -0.2) is 0 Å². The molecule has 0 fully saturated rings. The van der Waals surface area contributed by atoms with E-state index in [0.717, 1.165) is 36.1 Å². The average Bonchev–Trinajstić information content (AvgIpc) is 2.54. The third-order valence-electron chi connectivity index (χ3n) is 4.01. The Morgan fingerprint density at radius 3 is 2.73 bits per heavy atom. The summed E-state index contributed by atoms with van der Waals surface area (Å²) in [4.78, 5) is 2.21. The van der Waals surface area contributed by atoms with Crippen LogP contribution in [0.4, 0.5) is 5.69 Å². The lowest BCUT2D eigenvalue weighted by Gasteiger charge is -2.31. The molecular formula is C18H20N2OS. The highest BCUT2D eigenvalue weighted by Gasteiger charge is 2.18. The number of methoxy groups -OCH3 is 1. The number of aryl methyl sites for hydroxylation is 1. The monoisotopic (exact) mass is 312 g/mol. The number of hydrogen-bond acceptors (Lipinski definition) is 2. The smallest absolute Gasteiger partial charge is 0.173 e. The van der Waals surface area contributed by atoms with Crippen LogP contribution in [0.5, 0.6) is 5.75 Å². The summed E-state index contributed by atoms with van der Waals surface area (Å²) in [6, 6.07) is 14.6. The number of anilines is 1. The SMILES string of the molecule is COc1ccc(C)cc1NC(=S)N1CCc2ccccc2C1. The minimum atomic E-state index is 0.749. The molecule has 3 rings (SSSR count). The maximum Gasteiger partial charge on any atom is 0.173 e. The minimum absolute atomic E-state index is 0.749. The second-order valence-electron chi connectivity index (χ2n) is 5.57. The van der Waals surface area contributed by atoms with E-state index >= 15 is 0 Å². The molecule has 0 radical (unpaired) electrons. The highest BCUT2D eigenvalue weighted by molar-refractivity contribution is 7.80. The van der Waals surface area contributed by atoms with Gasteiger partial charge in [0.05, 0.1) is 12.8 Å². The molecule has 1 N–H and O–H groups in total. The van der Waals surface area contributed by atoms with Gasteiger partial charge >= 0.3 is 0 Å². The highest BCUT2D eigenvalue weighted by atomic mass is 32.1. The quantitative estimate of drug-likeness (QED) is 0.854. The molecule has 0 amide bonds. The Balaban J connectivity index is 1.75. The number of fused-ring (bicyclic) bond motifs is 1. The number of rotatable bonds is 2. The zero-order valence-corrected chi connectivity index (χ0v) is 13.7. The Hall–Kier alpha value is -2.07. The summed E-state index contributed by atoms with van der Waals surface area (Å²) in [7, 11) is 1.68. The fourth-order valence-corrected chi connectivity index (χ4v) is 3.05. The van der Waals surface area contributed by atoms with Gasteiger partial charge in [-0.15, -0.1) is 0 Å². The third kappa shape index (κ3) is 3.07. The first-order chi connectivity index (χ1) is 10.7. The molecule has 0 saturated carbocycles. The lowest BCUT2D eigenvalue weighted by atomic mass is 10.0. The van der Waals surface area contributed by atoms with E-state index < -0.39 is 0 Å². The summed E-state index contributed by atoms with van der Waals surface area (Å²) in [6.45, 7) is 3.86. The van der Waals surface area contributed by atoms with Gasteiger partial charge in [0.25, 0.3) is 0 Å². The topological polar surface area (TPSA) is 24.5 Å². The Morgan fingerprint density at radius 2 is 1.95 bits per heavy atom. The van der Waals surface area contributed by atoms with Gasteiger partial charge in [0.2, 0.25) is 0 Å². The first-order valence-electron chi connectivity index (χ1n) is 7.45. The Morgan fingerprint density at radius 1 is 1.18 bits per heavy atom. The molecule has 0 aromatic heterocycles. The van der Waals surface area contributed by atoms with Crippen molar-refractivity contribution < 1.29 is 4.74 Å². The van der Waals surface area contributed by atoms with Crippen molar-refractivity contribution >= 4 is 23.0 Å². The van der Waals surface area contributed by atoms with Crippen LogP contribution in [0.25, 0.3) is 0 Å². The van der Waals surface area contributed by atoms with Crippen LogP contribution in [0.1, 0.15) is 16.7 Å². The van der Waals surface area contributed by atoms with E-state index in [1.165, 1.54) is 16.7 Å². The van der Waals surface area contributed by atoms with E-state index in [0.29, 0.717) is 0 Å². The molecule has 1 aliphatic rings. The summed E-state index contributed by atoms with van der Waals surface area (Å²) in [6.07, 6.45) is 1.03. The van der Waals surface area contributed by atoms with Gasteiger partial charge in [0.15, 0.2) is 5.11 Å². The van der Waals surface area contributed by atoms with Gasteiger partial charge in [0.1, 0.15) is 5.75 Å². The molecule has 22 heavy (non-hydrogen) atoms. The normalized spacial score (nSPS) is 13.5. The van der Waals surface area contributed by atoms with Gasteiger partial charge in [0, 0.05) is 13.1 Å². The van der Waals surface area contributed by atoms with Crippen molar-refractivity contribution in [3.05, 3.63) is 59.2 Å². The van der Waals surface area contributed by atoms with Crippen molar-refractivity contribution in [1.82, 2.24) is 4.90 Å². The molecule has 0 saturated heterocycles. The third-order valence-corrected chi connectivity index (χ3v) is 4.37. The maximum absolute atomic E-state index is 5.60. The highest BCUT2D eigenvalue weighted by Crippen LogP contribution is 2.26. The number of hydrogen-bond donors (Lipinski definition) is 1. The largest absolute Gasteiger partial charge is 0.495 e. The molecule has 0 aliphatic carbocycles. The van der Waals surface area contributed by atoms with Gasteiger partial charge in [-0.05, 0) is 54.4 Å². The molecule has 0 spiro atoms. The zero-order valence-electron chi connectivity index (χ0n) is 12.9. The number of nitrogens with one attached hydrogen (secondary N) is 1. The Bertz CT molecular complexity index is 699. The minimum Gasteiger partial charge on any atom is -0.495 e. The molecule has 3 nitrogen and oxygen atoms in total. The van der Waals surface area contributed by atoms with Crippen LogP contribution < -0.4 is 10.1 Å². The summed E-state index contributed by atoms with van der Waals surface area (Å²) < 4.78 is 5.40. The predicted molar refractivity (Wildman–Crippen MR) is 94.5 cm³/mol. The Labute approximate surface area is 136 Å². The second kappa shape index (κ2) is 6.36. The summed E-state index contributed by atoms with van der Waals surface area (Å²) in [5, 5.41) is 4.08. The number of benzene rings is 2. The van der Waals surface area contributed by atoms with Crippen LogP contribution in [-0.2, 0) is 13.0 Å². The molecule has 0 unspecified atom stereocenters. The lowest BCUT2D eigenvalue weighted by Crippen LogP contribution is -2.38. The molecule has 0 atom stereocenters. The van der Waals surface area contributed by atoms with Crippen molar-refractivity contribution in [2.75, 3.05) is 19.0 Å². The fraction of sp³-hybridized carbons (Fsp3) is 0.278. The molecule has 0 bridgehead atoms. The van der Waals surface area contributed by atoms with E-state index in [9.17, 15) is 0 Å². The molecule has 1 aliphatic heterocycles. The second-order valence-corrected chi connectivity index (χ2v) is 5.96. The Kier molecular flexibility index (Phi) is 4.29. The summed E-state index contributed by atoms with van der Waals surface area (Å²) >= 11 is 5.60. The average molecular weight is 312 g/mol. The van der Waals surface area contributed by atoms with Crippen LogP contribution in [0, 0.1) is 6.92 Å². The van der Waals surface area contributed by atoms with Crippen LogP contribution in [-0.4, -0.2) is 23.7 Å². The van der Waals surface area contributed by atoms with Crippen molar-refractivity contribution in [3.8, 4) is 5.75 Å². The van der Waals surface area contributed by atoms with Crippen LogP contribution in [0.15, 0.2) is 42.5 Å². The van der Waals surface area contributed by atoms with Crippen molar-refractivity contribution in [2.24, 2.45) is 0 Å². The van der Waals surface area contributed by atoms with Gasteiger partial charge in [-0.2, -0.15) is 0 Å². The molecule has 114 valence electrons. The van der Waals surface area contributed by atoms with E-state index in [4.69, 9.17) is 17.0 Å². The zero-order chi connectivity index (χ0) is 15.5. The van der Waals surface area contributed by atoms with Gasteiger partial charge in [-0.3, -0.25) is 0 Å².